The highest BCUT2D eigenvalue weighted by Crippen LogP contribution is 2.30. The van der Waals surface area contributed by atoms with E-state index in [4.69, 9.17) is 10.5 Å². The maximum absolute atomic E-state index is 12.4. The largest absolute Gasteiger partial charge is 0.490 e. The first-order valence-electron chi connectivity index (χ1n) is 7.43. The number of nitrogens with two attached hydrogens (primary N) is 1. The second kappa shape index (κ2) is 8.81. The highest BCUT2D eigenvalue weighted by Gasteiger charge is 2.13. The predicted octanol–water partition coefficient (Wildman–Crippen LogP) is 2.55. The maximum atomic E-state index is 12.4. The van der Waals surface area contributed by atoms with E-state index in [1.165, 1.54) is 6.07 Å². The van der Waals surface area contributed by atoms with Crippen LogP contribution in [-0.2, 0) is 6.54 Å². The van der Waals surface area contributed by atoms with Gasteiger partial charge < -0.3 is 20.1 Å². The van der Waals surface area contributed by atoms with Crippen molar-refractivity contribution in [3.63, 3.8) is 0 Å². The van der Waals surface area contributed by atoms with Gasteiger partial charge in [0.2, 0.25) is 0 Å². The maximum Gasteiger partial charge on any atom is 0.387 e. The van der Waals surface area contributed by atoms with Crippen LogP contribution in [0.15, 0.2) is 23.2 Å². The van der Waals surface area contributed by atoms with Crippen LogP contribution in [0.3, 0.4) is 0 Å². The third kappa shape index (κ3) is 5.46. The first-order chi connectivity index (χ1) is 11.1. The number of rotatable bonds is 6. The summed E-state index contributed by atoms with van der Waals surface area (Å²) in [5.41, 5.74) is 6.82. The highest BCUT2D eigenvalue weighted by molar-refractivity contribution is 7.99. The van der Waals surface area contributed by atoms with Crippen molar-refractivity contribution in [2.45, 2.75) is 20.1 Å². The van der Waals surface area contributed by atoms with Crippen LogP contribution in [0.5, 0.6) is 11.5 Å². The van der Waals surface area contributed by atoms with Gasteiger partial charge in [0, 0.05) is 24.6 Å². The van der Waals surface area contributed by atoms with Gasteiger partial charge in [0.25, 0.3) is 0 Å². The zero-order valence-corrected chi connectivity index (χ0v) is 13.8. The molecule has 2 N–H and O–H groups in total. The van der Waals surface area contributed by atoms with E-state index in [9.17, 15) is 8.78 Å². The fourth-order valence-corrected chi connectivity index (χ4v) is 3.08. The molecule has 23 heavy (non-hydrogen) atoms. The number of aliphatic imine (C=N–C) groups is 1. The fourth-order valence-electron chi connectivity index (χ4n) is 2.18. The zero-order chi connectivity index (χ0) is 16.7. The molecule has 1 saturated heterocycles. The molecule has 1 aromatic carbocycles. The lowest BCUT2D eigenvalue weighted by atomic mass is 10.2. The zero-order valence-electron chi connectivity index (χ0n) is 13.0. The Hall–Kier alpha value is -1.70. The van der Waals surface area contributed by atoms with Gasteiger partial charge >= 0.3 is 6.61 Å². The van der Waals surface area contributed by atoms with Crippen molar-refractivity contribution in [3.8, 4) is 11.5 Å². The van der Waals surface area contributed by atoms with E-state index in [1.807, 2.05) is 16.7 Å². The quantitative estimate of drug-likeness (QED) is 0.634. The molecule has 1 aromatic rings. The molecule has 0 atom stereocenters. The molecule has 0 radical (unpaired) electrons. The van der Waals surface area contributed by atoms with Crippen molar-refractivity contribution in [2.75, 3.05) is 31.2 Å². The second-order valence-corrected chi connectivity index (χ2v) is 6.09. The van der Waals surface area contributed by atoms with Crippen molar-refractivity contribution in [1.29, 1.82) is 0 Å². The van der Waals surface area contributed by atoms with E-state index < -0.39 is 6.61 Å². The first-order valence-corrected chi connectivity index (χ1v) is 8.58. The van der Waals surface area contributed by atoms with Crippen LogP contribution < -0.4 is 15.2 Å². The Balaban J connectivity index is 2.05. The summed E-state index contributed by atoms with van der Waals surface area (Å²) in [4.78, 5) is 6.43. The van der Waals surface area contributed by atoms with Gasteiger partial charge in [-0.1, -0.05) is 6.07 Å². The normalized spacial score (nSPS) is 15.8. The third-order valence-corrected chi connectivity index (χ3v) is 4.23. The summed E-state index contributed by atoms with van der Waals surface area (Å²) < 4.78 is 34.6. The lowest BCUT2D eigenvalue weighted by molar-refractivity contribution is -0.0514. The van der Waals surface area contributed by atoms with E-state index in [0.29, 0.717) is 19.1 Å². The molecule has 0 aliphatic carbocycles. The van der Waals surface area contributed by atoms with Gasteiger partial charge in [-0.3, -0.25) is 0 Å². The molecular weight excluding hydrogens is 324 g/mol. The molecule has 1 heterocycles. The molecule has 0 aromatic heterocycles. The smallest absolute Gasteiger partial charge is 0.387 e. The number of benzene rings is 1. The van der Waals surface area contributed by atoms with Crippen LogP contribution in [0.1, 0.15) is 12.5 Å². The number of guanidine groups is 1. The summed E-state index contributed by atoms with van der Waals surface area (Å²) in [6.45, 7) is 1.41. The summed E-state index contributed by atoms with van der Waals surface area (Å²) in [6.07, 6.45) is 0. The molecule has 0 spiro atoms. The molecule has 1 aliphatic heterocycles. The Bertz CT molecular complexity index is 537. The van der Waals surface area contributed by atoms with Gasteiger partial charge in [0.05, 0.1) is 13.2 Å². The van der Waals surface area contributed by atoms with Crippen LogP contribution in [0.4, 0.5) is 8.78 Å². The molecule has 0 amide bonds. The lowest BCUT2D eigenvalue weighted by Crippen LogP contribution is -2.42. The molecular formula is C15H21F2N3O2S. The first kappa shape index (κ1) is 17.7. The number of alkyl halides is 2. The van der Waals surface area contributed by atoms with Crippen LogP contribution in [0.25, 0.3) is 0 Å². The lowest BCUT2D eigenvalue weighted by Gasteiger charge is -2.27. The summed E-state index contributed by atoms with van der Waals surface area (Å²) in [5.74, 6) is 2.91. The fraction of sp³-hybridized carbons (Fsp3) is 0.533. The number of halogens is 2. The number of thioether (sulfide) groups is 1. The third-order valence-electron chi connectivity index (χ3n) is 3.28. The molecule has 0 bridgehead atoms. The number of nitrogens with zero attached hydrogens (tertiary/aromatic N) is 2. The van der Waals surface area contributed by atoms with E-state index in [1.54, 1.807) is 19.1 Å². The van der Waals surface area contributed by atoms with Crippen molar-refractivity contribution < 1.29 is 18.3 Å². The average Bonchev–Trinajstić information content (AvgIpc) is 2.55. The standard InChI is InChI=1S/C15H21F2N3O2S/c1-2-21-13-9-11(3-4-12(13)22-14(16)17)10-19-15(18)20-5-7-23-8-6-20/h3-4,9,14H,2,5-8,10H2,1H3,(H2,18,19). The number of hydrogen-bond acceptors (Lipinski definition) is 4. The van der Waals surface area contributed by atoms with Gasteiger partial charge in [0.15, 0.2) is 17.5 Å². The Morgan fingerprint density at radius 3 is 2.74 bits per heavy atom. The molecule has 0 saturated carbocycles. The van der Waals surface area contributed by atoms with Gasteiger partial charge in [-0.05, 0) is 24.6 Å². The van der Waals surface area contributed by atoms with Crippen LogP contribution in [0, 0.1) is 0 Å². The topological polar surface area (TPSA) is 60.1 Å². The highest BCUT2D eigenvalue weighted by atomic mass is 32.2. The van der Waals surface area contributed by atoms with Crippen LogP contribution in [0.2, 0.25) is 0 Å². The van der Waals surface area contributed by atoms with Gasteiger partial charge in [-0.15, -0.1) is 0 Å². The Kier molecular flexibility index (Phi) is 6.76. The minimum atomic E-state index is -2.88. The molecule has 1 aliphatic rings. The minimum absolute atomic E-state index is 0.0237. The molecule has 8 heteroatoms. The van der Waals surface area contributed by atoms with E-state index in [-0.39, 0.29) is 11.5 Å². The van der Waals surface area contributed by atoms with Crippen LogP contribution in [-0.4, -0.2) is 48.7 Å². The Morgan fingerprint density at radius 2 is 2.09 bits per heavy atom. The summed E-state index contributed by atoms with van der Waals surface area (Å²) in [7, 11) is 0. The van der Waals surface area contributed by atoms with Crippen molar-refractivity contribution >= 4 is 17.7 Å². The summed E-state index contributed by atoms with van der Waals surface area (Å²) in [5, 5.41) is 0. The number of ether oxygens (including phenoxy) is 2. The van der Waals surface area contributed by atoms with Gasteiger partial charge in [-0.2, -0.15) is 20.5 Å². The monoisotopic (exact) mass is 345 g/mol. The second-order valence-electron chi connectivity index (χ2n) is 4.87. The van der Waals surface area contributed by atoms with Gasteiger partial charge in [-0.25, -0.2) is 4.99 Å². The van der Waals surface area contributed by atoms with E-state index >= 15 is 0 Å². The van der Waals surface area contributed by atoms with E-state index in [0.717, 1.165) is 30.2 Å². The SMILES string of the molecule is CCOc1cc(CN=C(N)N2CCSCC2)ccc1OC(F)F. The van der Waals surface area contributed by atoms with Crippen molar-refractivity contribution in [3.05, 3.63) is 23.8 Å². The van der Waals surface area contributed by atoms with Gasteiger partial charge in [0.1, 0.15) is 0 Å². The molecule has 2 rings (SSSR count). The average molecular weight is 345 g/mol. The predicted molar refractivity (Wildman–Crippen MR) is 88.5 cm³/mol. The number of hydrogen-bond donors (Lipinski definition) is 1. The minimum Gasteiger partial charge on any atom is -0.490 e. The Morgan fingerprint density at radius 1 is 1.35 bits per heavy atom. The van der Waals surface area contributed by atoms with E-state index in [2.05, 4.69) is 9.73 Å². The Labute approximate surface area is 138 Å². The van der Waals surface area contributed by atoms with Crippen molar-refractivity contribution in [2.24, 2.45) is 10.7 Å². The molecule has 5 nitrogen and oxygen atoms in total. The molecule has 1 fully saturated rings. The van der Waals surface area contributed by atoms with Crippen LogP contribution >= 0.6 is 11.8 Å². The summed E-state index contributed by atoms with van der Waals surface area (Å²) >= 11 is 1.90. The summed E-state index contributed by atoms with van der Waals surface area (Å²) in [6, 6.07) is 4.81. The van der Waals surface area contributed by atoms with Crippen molar-refractivity contribution in [1.82, 2.24) is 4.90 Å². The molecule has 128 valence electrons. The molecule has 0 unspecified atom stereocenters.